The first-order chi connectivity index (χ1) is 10.3. The monoisotopic (exact) mass is 275 g/mol. The zero-order valence-corrected chi connectivity index (χ0v) is 12.3. The van der Waals surface area contributed by atoms with E-state index in [4.69, 9.17) is 5.73 Å². The van der Waals surface area contributed by atoms with Gasteiger partial charge in [0.05, 0.1) is 0 Å². The van der Waals surface area contributed by atoms with E-state index in [1.54, 1.807) is 0 Å². The molecule has 0 amide bonds. The van der Waals surface area contributed by atoms with Crippen LogP contribution in [-0.4, -0.2) is 0 Å². The second-order valence-electron chi connectivity index (χ2n) is 6.41. The molecule has 106 valence electrons. The molecule has 2 aromatic rings. The summed E-state index contributed by atoms with van der Waals surface area (Å²) in [6.07, 6.45) is 9.01. The minimum absolute atomic E-state index is 0.241. The fourth-order valence-corrected chi connectivity index (χ4v) is 4.21. The summed E-state index contributed by atoms with van der Waals surface area (Å²) in [5.41, 5.74) is 12.7. The van der Waals surface area contributed by atoms with Crippen molar-refractivity contribution < 1.29 is 0 Å². The summed E-state index contributed by atoms with van der Waals surface area (Å²) in [4.78, 5) is 0. The molecule has 1 nitrogen and oxygen atoms in total. The van der Waals surface area contributed by atoms with E-state index >= 15 is 0 Å². The van der Waals surface area contributed by atoms with Crippen LogP contribution in [0.3, 0.4) is 0 Å². The van der Waals surface area contributed by atoms with Crippen LogP contribution in [0.4, 0.5) is 5.69 Å². The Balaban J connectivity index is 1.87. The maximum atomic E-state index is 5.86. The minimum atomic E-state index is 0.241. The number of hydrogen-bond acceptors (Lipinski definition) is 1. The van der Waals surface area contributed by atoms with Crippen LogP contribution in [0.1, 0.15) is 48.8 Å². The van der Waals surface area contributed by atoms with Gasteiger partial charge in [0.25, 0.3) is 0 Å². The van der Waals surface area contributed by atoms with Crippen LogP contribution >= 0.6 is 0 Å². The molecule has 0 unspecified atom stereocenters. The van der Waals surface area contributed by atoms with Crippen molar-refractivity contribution in [3.8, 4) is 0 Å². The molecule has 0 aliphatic heterocycles. The van der Waals surface area contributed by atoms with Crippen molar-refractivity contribution in [3.63, 3.8) is 0 Å². The Morgan fingerprint density at radius 1 is 0.810 bits per heavy atom. The molecule has 0 atom stereocenters. The lowest BCUT2D eigenvalue weighted by Crippen LogP contribution is -2.28. The Labute approximate surface area is 126 Å². The van der Waals surface area contributed by atoms with E-state index in [0.29, 0.717) is 0 Å². The lowest BCUT2D eigenvalue weighted by Gasteiger charge is -2.38. The molecule has 0 aromatic heterocycles. The van der Waals surface area contributed by atoms with E-state index in [0.717, 1.165) is 5.69 Å². The third-order valence-electron chi connectivity index (χ3n) is 5.22. The normalized spacial score (nSPS) is 19.3. The van der Waals surface area contributed by atoms with E-state index < -0.39 is 0 Å². The number of hydrogen-bond donors (Lipinski definition) is 1. The van der Waals surface area contributed by atoms with Gasteiger partial charge in [0.15, 0.2) is 0 Å². The van der Waals surface area contributed by atoms with Gasteiger partial charge in [0.1, 0.15) is 0 Å². The third-order valence-corrected chi connectivity index (χ3v) is 5.22. The molecule has 2 N–H and O–H groups in total. The number of anilines is 1. The van der Waals surface area contributed by atoms with Crippen molar-refractivity contribution in [3.05, 3.63) is 65.2 Å². The molecule has 1 spiro atoms. The van der Waals surface area contributed by atoms with Crippen molar-refractivity contribution in [2.24, 2.45) is 0 Å². The Morgan fingerprint density at radius 3 is 2.29 bits per heavy atom. The van der Waals surface area contributed by atoms with Crippen molar-refractivity contribution >= 4 is 17.3 Å². The second kappa shape index (κ2) is 4.77. The summed E-state index contributed by atoms with van der Waals surface area (Å²) >= 11 is 0. The van der Waals surface area contributed by atoms with Gasteiger partial charge in [0, 0.05) is 11.1 Å². The highest BCUT2D eigenvalue weighted by Gasteiger charge is 2.42. The van der Waals surface area contributed by atoms with Crippen LogP contribution in [0.5, 0.6) is 0 Å². The Bertz CT molecular complexity index is 688. The predicted molar refractivity (Wildman–Crippen MR) is 89.9 cm³/mol. The maximum absolute atomic E-state index is 5.86. The molecular formula is C20H21N. The summed E-state index contributed by atoms with van der Waals surface area (Å²) in [6.45, 7) is 0. The van der Waals surface area contributed by atoms with Crippen LogP contribution in [0, 0.1) is 0 Å². The van der Waals surface area contributed by atoms with Gasteiger partial charge in [-0.1, -0.05) is 55.7 Å². The summed E-state index contributed by atoms with van der Waals surface area (Å²) < 4.78 is 0. The fourth-order valence-electron chi connectivity index (χ4n) is 4.21. The molecule has 4 rings (SSSR count). The number of benzene rings is 2. The third kappa shape index (κ3) is 1.91. The molecule has 21 heavy (non-hydrogen) atoms. The number of nitrogen functional groups attached to an aromatic ring is 1. The molecule has 0 bridgehead atoms. The lowest BCUT2D eigenvalue weighted by atomic mass is 9.66. The molecule has 0 heterocycles. The van der Waals surface area contributed by atoms with Crippen LogP contribution in [-0.2, 0) is 5.41 Å². The topological polar surface area (TPSA) is 26.0 Å². The average molecular weight is 275 g/mol. The lowest BCUT2D eigenvalue weighted by molar-refractivity contribution is 0.372. The van der Waals surface area contributed by atoms with Gasteiger partial charge < -0.3 is 5.73 Å². The average Bonchev–Trinajstić information content (AvgIpc) is 2.84. The molecule has 0 radical (unpaired) electrons. The van der Waals surface area contributed by atoms with E-state index in [2.05, 4.69) is 42.5 Å². The highest BCUT2D eigenvalue weighted by molar-refractivity contribution is 5.94. The predicted octanol–water partition coefficient (Wildman–Crippen LogP) is 5.02. The van der Waals surface area contributed by atoms with Crippen molar-refractivity contribution in [1.82, 2.24) is 0 Å². The molecule has 1 heteroatoms. The first-order valence-corrected chi connectivity index (χ1v) is 7.97. The van der Waals surface area contributed by atoms with Gasteiger partial charge in [0.2, 0.25) is 0 Å². The van der Waals surface area contributed by atoms with Crippen LogP contribution in [0.2, 0.25) is 0 Å². The van der Waals surface area contributed by atoms with Crippen molar-refractivity contribution in [2.75, 3.05) is 5.73 Å². The van der Waals surface area contributed by atoms with Gasteiger partial charge in [-0.05, 0) is 53.3 Å². The van der Waals surface area contributed by atoms with Gasteiger partial charge in [-0.25, -0.2) is 0 Å². The van der Waals surface area contributed by atoms with Crippen LogP contribution < -0.4 is 5.73 Å². The molecule has 2 aromatic carbocycles. The smallest absolute Gasteiger partial charge is 0.0314 e. The van der Waals surface area contributed by atoms with Gasteiger partial charge in [-0.2, -0.15) is 0 Å². The summed E-state index contributed by atoms with van der Waals surface area (Å²) in [6, 6.07) is 17.3. The highest BCUT2D eigenvalue weighted by atomic mass is 14.5. The largest absolute Gasteiger partial charge is 0.399 e. The molecule has 2 aliphatic carbocycles. The summed E-state index contributed by atoms with van der Waals surface area (Å²) in [7, 11) is 0. The molecule has 2 aliphatic rings. The standard InChI is InChI=1S/C20H21N/c21-17-10-8-15(9-11-17)19-14-16-6-2-3-7-18(16)20(19)12-4-1-5-13-20/h2-3,6-11,14H,1,4-5,12-13,21H2. The maximum Gasteiger partial charge on any atom is 0.0314 e. The van der Waals surface area contributed by atoms with Gasteiger partial charge in [-0.15, -0.1) is 0 Å². The molecule has 0 saturated heterocycles. The first kappa shape index (κ1) is 12.7. The highest BCUT2D eigenvalue weighted by Crippen LogP contribution is 2.54. The van der Waals surface area contributed by atoms with Crippen molar-refractivity contribution in [1.29, 1.82) is 0 Å². The Kier molecular flexibility index (Phi) is 2.88. The SMILES string of the molecule is Nc1ccc(C2=Cc3ccccc3C23CCCCC3)cc1. The van der Waals surface area contributed by atoms with E-state index in [9.17, 15) is 0 Å². The zero-order chi connectivity index (χ0) is 14.3. The second-order valence-corrected chi connectivity index (χ2v) is 6.41. The molecular weight excluding hydrogens is 254 g/mol. The summed E-state index contributed by atoms with van der Waals surface area (Å²) in [5.74, 6) is 0. The quantitative estimate of drug-likeness (QED) is 0.726. The fraction of sp³-hybridized carbons (Fsp3) is 0.300. The number of fused-ring (bicyclic) bond motifs is 2. The van der Waals surface area contributed by atoms with E-state index in [-0.39, 0.29) is 5.41 Å². The first-order valence-electron chi connectivity index (χ1n) is 7.97. The van der Waals surface area contributed by atoms with Crippen LogP contribution in [0.15, 0.2) is 48.5 Å². The molecule has 1 saturated carbocycles. The summed E-state index contributed by atoms with van der Waals surface area (Å²) in [5, 5.41) is 0. The number of nitrogens with two attached hydrogens (primary N) is 1. The minimum Gasteiger partial charge on any atom is -0.399 e. The van der Waals surface area contributed by atoms with Crippen molar-refractivity contribution in [2.45, 2.75) is 37.5 Å². The van der Waals surface area contributed by atoms with Gasteiger partial charge in [-0.3, -0.25) is 0 Å². The van der Waals surface area contributed by atoms with Gasteiger partial charge >= 0.3 is 0 Å². The molecule has 1 fully saturated rings. The number of allylic oxidation sites excluding steroid dienone is 1. The van der Waals surface area contributed by atoms with E-state index in [1.165, 1.54) is 54.4 Å². The van der Waals surface area contributed by atoms with Crippen LogP contribution in [0.25, 0.3) is 11.6 Å². The number of rotatable bonds is 1. The Morgan fingerprint density at radius 2 is 1.52 bits per heavy atom. The Hall–Kier alpha value is -2.02. The zero-order valence-electron chi connectivity index (χ0n) is 12.3. The van der Waals surface area contributed by atoms with E-state index in [1.807, 2.05) is 12.1 Å².